The summed E-state index contributed by atoms with van der Waals surface area (Å²) in [5.74, 6) is 1.84. The van der Waals surface area contributed by atoms with Crippen LogP contribution in [0.5, 0.6) is 11.5 Å². The summed E-state index contributed by atoms with van der Waals surface area (Å²) in [6, 6.07) is 25.8. The quantitative estimate of drug-likeness (QED) is 0.175. The van der Waals surface area contributed by atoms with E-state index in [1.807, 2.05) is 0 Å². The summed E-state index contributed by atoms with van der Waals surface area (Å²) >= 11 is 0. The summed E-state index contributed by atoms with van der Waals surface area (Å²) < 4.78 is 14.9. The normalized spacial score (nSPS) is 12.3. The first kappa shape index (κ1) is 26.0. The highest BCUT2D eigenvalue weighted by Gasteiger charge is 2.19. The Morgan fingerprint density at radius 1 is 0.500 bits per heavy atom. The highest BCUT2D eigenvalue weighted by atomic mass is 16.5. The molecule has 4 aromatic rings. The van der Waals surface area contributed by atoms with Gasteiger partial charge in [0.1, 0.15) is 11.5 Å². The lowest BCUT2D eigenvalue weighted by atomic mass is 9.92. The van der Waals surface area contributed by atoms with Crippen LogP contribution >= 0.6 is 0 Å². The molecule has 4 nitrogen and oxygen atoms in total. The zero-order chi connectivity index (χ0) is 25.8. The third kappa shape index (κ3) is 6.57. The maximum Gasteiger partial charge on any atom is 0.127 e. The van der Waals surface area contributed by atoms with Crippen molar-refractivity contribution in [2.45, 2.75) is 12.8 Å². The van der Waals surface area contributed by atoms with Gasteiger partial charge in [-0.15, -0.1) is 0 Å². The number of nitrogens with zero attached hydrogens (tertiary/aromatic N) is 2. The molecule has 36 heavy (non-hydrogen) atoms. The first-order valence-corrected chi connectivity index (χ1v) is 13.0. The average Bonchev–Trinajstić information content (AvgIpc) is 2.83. The highest BCUT2D eigenvalue weighted by molar-refractivity contribution is 6.09. The number of hydrogen-bond acceptors (Lipinski definition) is 2. The average molecular weight is 487 g/mol. The van der Waals surface area contributed by atoms with E-state index in [0.29, 0.717) is 13.2 Å². The van der Waals surface area contributed by atoms with E-state index in [4.69, 9.17) is 9.47 Å². The van der Waals surface area contributed by atoms with Crippen LogP contribution in [0.1, 0.15) is 12.8 Å². The van der Waals surface area contributed by atoms with Crippen molar-refractivity contribution >= 4 is 21.5 Å². The smallest absolute Gasteiger partial charge is 0.127 e. The van der Waals surface area contributed by atoms with Crippen LogP contribution in [0.25, 0.3) is 32.7 Å². The molecule has 0 bridgehead atoms. The van der Waals surface area contributed by atoms with E-state index in [9.17, 15) is 0 Å². The number of hydrogen-bond donors (Lipinski definition) is 0. The predicted molar refractivity (Wildman–Crippen MR) is 153 cm³/mol. The molecule has 0 amide bonds. The van der Waals surface area contributed by atoms with E-state index in [1.165, 1.54) is 21.5 Å². The van der Waals surface area contributed by atoms with E-state index in [-0.39, 0.29) is 0 Å². The molecule has 0 saturated heterocycles. The second-order valence-corrected chi connectivity index (χ2v) is 11.8. The predicted octanol–water partition coefficient (Wildman–Crippen LogP) is 6.61. The minimum atomic E-state index is 0.686. The molecule has 0 radical (unpaired) electrons. The Kier molecular flexibility index (Phi) is 7.87. The molecule has 0 aliphatic rings. The molecule has 0 aliphatic heterocycles. The van der Waals surface area contributed by atoms with Gasteiger partial charge in [0.05, 0.1) is 68.6 Å². The van der Waals surface area contributed by atoms with Crippen LogP contribution < -0.4 is 9.47 Å². The van der Waals surface area contributed by atoms with Gasteiger partial charge >= 0.3 is 0 Å². The Bertz CT molecular complexity index is 1210. The third-order valence-electron chi connectivity index (χ3n) is 6.49. The molecule has 4 aromatic carbocycles. The van der Waals surface area contributed by atoms with Crippen molar-refractivity contribution < 1.29 is 18.4 Å². The molecule has 0 N–H and O–H groups in total. The largest absolute Gasteiger partial charge is 0.493 e. The fourth-order valence-corrected chi connectivity index (χ4v) is 4.70. The van der Waals surface area contributed by atoms with E-state index in [1.54, 1.807) is 0 Å². The molecule has 0 fully saturated rings. The number of quaternary nitrogens is 2. The molecule has 4 heteroatoms. The van der Waals surface area contributed by atoms with E-state index in [2.05, 4.69) is 115 Å². The van der Waals surface area contributed by atoms with Crippen molar-refractivity contribution in [3.63, 3.8) is 0 Å². The van der Waals surface area contributed by atoms with Gasteiger partial charge in [-0.3, -0.25) is 0 Å². The topological polar surface area (TPSA) is 18.5 Å². The number of fused-ring (bicyclic) bond motifs is 2. The summed E-state index contributed by atoms with van der Waals surface area (Å²) in [4.78, 5) is 0. The summed E-state index contributed by atoms with van der Waals surface area (Å²) in [6.07, 6.45) is 2.00. The van der Waals surface area contributed by atoms with E-state index < -0.39 is 0 Å². The van der Waals surface area contributed by atoms with Gasteiger partial charge < -0.3 is 18.4 Å². The number of ether oxygens (including phenoxy) is 2. The van der Waals surface area contributed by atoms with Crippen LogP contribution in [0.15, 0.2) is 72.8 Å². The van der Waals surface area contributed by atoms with Crippen LogP contribution in [0, 0.1) is 0 Å². The summed E-state index contributed by atoms with van der Waals surface area (Å²) in [5, 5.41) is 4.79. The molecule has 0 heterocycles. The molecular weight excluding hydrogens is 444 g/mol. The van der Waals surface area contributed by atoms with E-state index >= 15 is 0 Å². The van der Waals surface area contributed by atoms with Crippen LogP contribution in [-0.2, 0) is 0 Å². The van der Waals surface area contributed by atoms with Crippen molar-refractivity contribution in [3.8, 4) is 22.6 Å². The van der Waals surface area contributed by atoms with Gasteiger partial charge in [0.25, 0.3) is 0 Å². The standard InChI is InChI=1S/C32H42N2O2/c1-33(2,3)21-11-23-35-29-19-17-25-13-7-9-15-27(25)31(29)32-28-16-10-8-14-26(28)18-20-30(32)36-24-12-22-34(4,5)6/h7-10,13-20H,11-12,21-24H2,1-6H3/q+2. The molecule has 190 valence electrons. The monoisotopic (exact) mass is 486 g/mol. The molecule has 0 aliphatic carbocycles. The van der Waals surface area contributed by atoms with Crippen LogP contribution in [-0.4, -0.2) is 77.6 Å². The summed E-state index contributed by atoms with van der Waals surface area (Å²) in [7, 11) is 13.3. The van der Waals surface area contributed by atoms with Gasteiger partial charge in [-0.05, 0) is 33.7 Å². The Morgan fingerprint density at radius 2 is 0.889 bits per heavy atom. The van der Waals surface area contributed by atoms with Gasteiger partial charge in [0.15, 0.2) is 0 Å². The minimum Gasteiger partial charge on any atom is -0.493 e. The third-order valence-corrected chi connectivity index (χ3v) is 6.49. The second-order valence-electron chi connectivity index (χ2n) is 11.8. The number of benzene rings is 4. The van der Waals surface area contributed by atoms with Crippen molar-refractivity contribution in [1.82, 2.24) is 0 Å². The van der Waals surface area contributed by atoms with Gasteiger partial charge in [-0.25, -0.2) is 0 Å². The van der Waals surface area contributed by atoms with Crippen molar-refractivity contribution in [2.24, 2.45) is 0 Å². The van der Waals surface area contributed by atoms with E-state index in [0.717, 1.165) is 57.5 Å². The Labute approximate surface area is 216 Å². The maximum absolute atomic E-state index is 6.50. The zero-order valence-corrected chi connectivity index (χ0v) is 22.9. The van der Waals surface area contributed by atoms with Gasteiger partial charge in [-0.2, -0.15) is 0 Å². The van der Waals surface area contributed by atoms with Crippen LogP contribution in [0.4, 0.5) is 0 Å². The Balaban J connectivity index is 1.79. The van der Waals surface area contributed by atoms with Crippen molar-refractivity contribution in [3.05, 3.63) is 72.8 Å². The lowest BCUT2D eigenvalue weighted by Crippen LogP contribution is -2.36. The molecule has 0 saturated carbocycles. The molecule has 0 aromatic heterocycles. The van der Waals surface area contributed by atoms with Crippen molar-refractivity contribution in [2.75, 3.05) is 68.6 Å². The lowest BCUT2D eigenvalue weighted by molar-refractivity contribution is -0.870. The molecule has 0 atom stereocenters. The van der Waals surface area contributed by atoms with Crippen molar-refractivity contribution in [1.29, 1.82) is 0 Å². The van der Waals surface area contributed by atoms with Gasteiger partial charge in [0, 0.05) is 24.0 Å². The summed E-state index contributed by atoms with van der Waals surface area (Å²) in [6.45, 7) is 3.51. The Hall–Kier alpha value is -3.08. The lowest BCUT2D eigenvalue weighted by Gasteiger charge is -2.24. The van der Waals surface area contributed by atoms with Gasteiger partial charge in [-0.1, -0.05) is 60.7 Å². The molecule has 0 spiro atoms. The minimum absolute atomic E-state index is 0.686. The fraction of sp³-hybridized carbons (Fsp3) is 0.375. The first-order chi connectivity index (χ1) is 17.1. The van der Waals surface area contributed by atoms with Crippen LogP contribution in [0.2, 0.25) is 0 Å². The maximum atomic E-state index is 6.50. The number of rotatable bonds is 11. The first-order valence-electron chi connectivity index (χ1n) is 13.0. The SMILES string of the molecule is C[N+](C)(C)CCCOc1ccc2ccccc2c1-c1c(OCCC[N+](C)(C)C)ccc2ccccc12. The highest BCUT2D eigenvalue weighted by Crippen LogP contribution is 2.45. The molecule has 4 rings (SSSR count). The van der Waals surface area contributed by atoms with Crippen LogP contribution in [0.3, 0.4) is 0 Å². The molecular formula is C32H42N2O2+2. The fourth-order valence-electron chi connectivity index (χ4n) is 4.70. The van der Waals surface area contributed by atoms with Gasteiger partial charge in [0.2, 0.25) is 0 Å². The second kappa shape index (κ2) is 10.9. The summed E-state index contributed by atoms with van der Waals surface area (Å²) in [5.41, 5.74) is 2.24. The molecule has 0 unspecified atom stereocenters. The zero-order valence-electron chi connectivity index (χ0n) is 22.9. The Morgan fingerprint density at radius 3 is 1.28 bits per heavy atom.